The van der Waals surface area contributed by atoms with Crippen LogP contribution < -0.4 is 5.32 Å². The molecule has 0 saturated carbocycles. The van der Waals surface area contributed by atoms with Crippen LogP contribution >= 0.6 is 0 Å². The molecule has 1 aliphatic carbocycles. The fourth-order valence-corrected chi connectivity index (χ4v) is 4.00. The van der Waals surface area contributed by atoms with Crippen molar-refractivity contribution < 1.29 is 19.4 Å². The van der Waals surface area contributed by atoms with Gasteiger partial charge in [0.1, 0.15) is 0 Å². The van der Waals surface area contributed by atoms with Gasteiger partial charge < -0.3 is 15.2 Å². The first-order valence-corrected chi connectivity index (χ1v) is 9.27. The van der Waals surface area contributed by atoms with E-state index in [0.29, 0.717) is 18.7 Å². The van der Waals surface area contributed by atoms with Gasteiger partial charge in [-0.15, -0.1) is 0 Å². The van der Waals surface area contributed by atoms with Gasteiger partial charge in [-0.05, 0) is 44.7 Å². The molecule has 2 aliphatic rings. The molecule has 1 aromatic carbocycles. The molecule has 1 aromatic heterocycles. The lowest BCUT2D eigenvalue weighted by Crippen LogP contribution is -2.50. The number of nitrogens with zero attached hydrogens (tertiary/aromatic N) is 2. The van der Waals surface area contributed by atoms with E-state index in [4.69, 9.17) is 4.74 Å². The van der Waals surface area contributed by atoms with Crippen LogP contribution in [0.2, 0.25) is 0 Å². The van der Waals surface area contributed by atoms with Gasteiger partial charge in [0.2, 0.25) is 0 Å². The van der Waals surface area contributed by atoms with Crippen molar-refractivity contribution in [1.29, 1.82) is 0 Å². The number of aromatic nitrogens is 2. The first-order chi connectivity index (χ1) is 13.0. The van der Waals surface area contributed by atoms with Gasteiger partial charge in [-0.2, -0.15) is 5.10 Å². The molecule has 1 aliphatic heterocycles. The number of hydrogen-bond donors (Lipinski definition) is 2. The highest BCUT2D eigenvalue weighted by atomic mass is 16.5. The number of nitrogens with one attached hydrogen (secondary N) is 1. The number of hydrogen-bond acceptors (Lipinski definition) is 4. The van der Waals surface area contributed by atoms with Gasteiger partial charge in [0.25, 0.3) is 5.91 Å². The Balaban J connectivity index is 1.66. The zero-order valence-corrected chi connectivity index (χ0v) is 15.3. The van der Waals surface area contributed by atoms with E-state index in [1.165, 1.54) is 0 Å². The first kappa shape index (κ1) is 17.7. The van der Waals surface area contributed by atoms with Gasteiger partial charge in [0, 0.05) is 17.9 Å². The third-order valence-electron chi connectivity index (χ3n) is 5.40. The molecule has 0 bridgehead atoms. The van der Waals surface area contributed by atoms with Crippen molar-refractivity contribution in [3.63, 3.8) is 0 Å². The standard InChI is InChI=1S/C20H23N3O4/c1-13-5-7-14(8-6-13)23-16-4-2-3-15(16)18(22-23)19(26)21-20(11-17(24)25)9-10-27-12-20/h5-8H,2-4,9-12H2,1H3,(H,21,26)(H,24,25). The van der Waals surface area contributed by atoms with Crippen LogP contribution in [0.5, 0.6) is 0 Å². The predicted octanol–water partition coefficient (Wildman–Crippen LogP) is 2.03. The summed E-state index contributed by atoms with van der Waals surface area (Å²) in [5.74, 6) is -1.26. The van der Waals surface area contributed by atoms with Gasteiger partial charge in [-0.1, -0.05) is 17.7 Å². The van der Waals surface area contributed by atoms with E-state index in [9.17, 15) is 14.7 Å². The normalized spacial score (nSPS) is 21.2. The Kier molecular flexibility index (Phi) is 4.47. The lowest BCUT2D eigenvalue weighted by atomic mass is 9.94. The number of aliphatic carboxylic acids is 1. The number of carboxylic acid groups (broad SMARTS) is 1. The minimum Gasteiger partial charge on any atom is -0.481 e. The number of aryl methyl sites for hydroxylation is 1. The minimum atomic E-state index is -0.948. The second-order valence-corrected chi connectivity index (χ2v) is 7.48. The Hall–Kier alpha value is -2.67. The van der Waals surface area contributed by atoms with E-state index in [1.54, 1.807) is 0 Å². The number of ether oxygens (including phenoxy) is 1. The van der Waals surface area contributed by atoms with Crippen molar-refractivity contribution in [2.24, 2.45) is 0 Å². The fraction of sp³-hybridized carbons (Fsp3) is 0.450. The van der Waals surface area contributed by atoms with Gasteiger partial charge in [-0.3, -0.25) is 9.59 Å². The molecule has 1 fully saturated rings. The SMILES string of the molecule is Cc1ccc(-n2nc(C(=O)NC3(CC(=O)O)CCOC3)c3c2CCC3)cc1. The number of carboxylic acids is 1. The van der Waals surface area contributed by atoms with Gasteiger partial charge in [0.05, 0.1) is 24.3 Å². The molecule has 1 saturated heterocycles. The van der Waals surface area contributed by atoms with Crippen LogP contribution in [0, 0.1) is 6.92 Å². The maximum Gasteiger partial charge on any atom is 0.305 e. The van der Waals surface area contributed by atoms with Crippen LogP contribution in [0.25, 0.3) is 5.69 Å². The predicted molar refractivity (Wildman–Crippen MR) is 98.2 cm³/mol. The Labute approximate surface area is 157 Å². The van der Waals surface area contributed by atoms with Crippen LogP contribution in [0.4, 0.5) is 0 Å². The van der Waals surface area contributed by atoms with E-state index in [-0.39, 0.29) is 18.9 Å². The molecule has 1 amide bonds. The zero-order chi connectivity index (χ0) is 19.0. The number of carbonyl (C=O) groups excluding carboxylic acids is 1. The molecule has 142 valence electrons. The van der Waals surface area contributed by atoms with E-state index < -0.39 is 11.5 Å². The van der Waals surface area contributed by atoms with Crippen molar-refractivity contribution in [2.75, 3.05) is 13.2 Å². The van der Waals surface area contributed by atoms with Crippen molar-refractivity contribution >= 4 is 11.9 Å². The zero-order valence-electron chi connectivity index (χ0n) is 15.3. The monoisotopic (exact) mass is 369 g/mol. The van der Waals surface area contributed by atoms with Crippen molar-refractivity contribution in [3.8, 4) is 5.69 Å². The largest absolute Gasteiger partial charge is 0.481 e. The summed E-state index contributed by atoms with van der Waals surface area (Å²) in [5.41, 5.74) is 3.68. The molecule has 0 spiro atoms. The third-order valence-corrected chi connectivity index (χ3v) is 5.40. The summed E-state index contributed by atoms with van der Waals surface area (Å²) < 4.78 is 7.23. The summed E-state index contributed by atoms with van der Waals surface area (Å²) in [4.78, 5) is 24.3. The second kappa shape index (κ2) is 6.81. The van der Waals surface area contributed by atoms with E-state index in [2.05, 4.69) is 10.4 Å². The Morgan fingerprint density at radius 2 is 2.07 bits per heavy atom. The summed E-state index contributed by atoms with van der Waals surface area (Å²) in [5, 5.41) is 16.7. The molecule has 2 aromatic rings. The highest BCUT2D eigenvalue weighted by molar-refractivity contribution is 5.95. The van der Waals surface area contributed by atoms with Gasteiger partial charge >= 0.3 is 5.97 Å². The van der Waals surface area contributed by atoms with Crippen molar-refractivity contribution in [2.45, 2.75) is 44.6 Å². The van der Waals surface area contributed by atoms with E-state index in [0.717, 1.165) is 41.8 Å². The van der Waals surface area contributed by atoms with Crippen LogP contribution in [0.15, 0.2) is 24.3 Å². The second-order valence-electron chi connectivity index (χ2n) is 7.48. The van der Waals surface area contributed by atoms with Gasteiger partial charge in [-0.25, -0.2) is 4.68 Å². The highest BCUT2D eigenvalue weighted by Crippen LogP contribution is 2.29. The molecule has 7 heteroatoms. The van der Waals surface area contributed by atoms with E-state index >= 15 is 0 Å². The average Bonchev–Trinajstić information content (AvgIpc) is 3.31. The summed E-state index contributed by atoms with van der Waals surface area (Å²) >= 11 is 0. The molecule has 27 heavy (non-hydrogen) atoms. The van der Waals surface area contributed by atoms with Crippen LogP contribution in [0.3, 0.4) is 0 Å². The quantitative estimate of drug-likeness (QED) is 0.841. The molecule has 0 radical (unpaired) electrons. The molecule has 2 N–H and O–H groups in total. The van der Waals surface area contributed by atoms with Crippen molar-refractivity contribution in [3.05, 3.63) is 46.8 Å². The van der Waals surface area contributed by atoms with Crippen LogP contribution in [0.1, 0.15) is 46.6 Å². The maximum absolute atomic E-state index is 13.0. The number of amides is 1. The third kappa shape index (κ3) is 3.35. The van der Waals surface area contributed by atoms with Crippen LogP contribution in [-0.4, -0.2) is 45.5 Å². The number of carbonyl (C=O) groups is 2. The Bertz CT molecular complexity index is 879. The number of rotatable bonds is 5. The fourth-order valence-electron chi connectivity index (χ4n) is 4.00. The maximum atomic E-state index is 13.0. The topological polar surface area (TPSA) is 93.5 Å². The minimum absolute atomic E-state index is 0.153. The smallest absolute Gasteiger partial charge is 0.305 e. The summed E-state index contributed by atoms with van der Waals surface area (Å²) in [6.07, 6.45) is 3.02. The lowest BCUT2D eigenvalue weighted by Gasteiger charge is -2.26. The number of benzene rings is 1. The average molecular weight is 369 g/mol. The molecule has 1 atom stereocenters. The molecular formula is C20H23N3O4. The summed E-state index contributed by atoms with van der Waals surface area (Å²) in [6.45, 7) is 2.69. The first-order valence-electron chi connectivity index (χ1n) is 9.27. The number of fused-ring (bicyclic) bond motifs is 1. The molecule has 1 unspecified atom stereocenters. The summed E-state index contributed by atoms with van der Waals surface area (Å²) in [6, 6.07) is 8.05. The van der Waals surface area contributed by atoms with Crippen LogP contribution in [-0.2, 0) is 22.4 Å². The molecular weight excluding hydrogens is 346 g/mol. The Morgan fingerprint density at radius 1 is 1.30 bits per heavy atom. The van der Waals surface area contributed by atoms with Gasteiger partial charge in [0.15, 0.2) is 5.69 Å². The van der Waals surface area contributed by atoms with E-state index in [1.807, 2.05) is 35.9 Å². The highest BCUT2D eigenvalue weighted by Gasteiger charge is 2.40. The molecule has 2 heterocycles. The van der Waals surface area contributed by atoms with Crippen molar-refractivity contribution in [1.82, 2.24) is 15.1 Å². The Morgan fingerprint density at radius 3 is 2.74 bits per heavy atom. The molecule has 7 nitrogen and oxygen atoms in total. The summed E-state index contributed by atoms with van der Waals surface area (Å²) in [7, 11) is 0. The lowest BCUT2D eigenvalue weighted by molar-refractivity contribution is -0.138. The molecule has 4 rings (SSSR count).